The molecule has 1 aliphatic rings. The first kappa shape index (κ1) is 17.5. The molecule has 0 atom stereocenters. The lowest BCUT2D eigenvalue weighted by Crippen LogP contribution is -2.25. The van der Waals surface area contributed by atoms with Gasteiger partial charge in [-0.15, -0.1) is 0 Å². The zero-order chi connectivity index (χ0) is 19.0. The van der Waals surface area contributed by atoms with Crippen molar-refractivity contribution in [3.63, 3.8) is 0 Å². The quantitative estimate of drug-likeness (QED) is 0.729. The Morgan fingerprint density at radius 3 is 2.67 bits per heavy atom. The van der Waals surface area contributed by atoms with E-state index in [1.165, 1.54) is 11.9 Å². The second kappa shape index (κ2) is 7.03. The summed E-state index contributed by atoms with van der Waals surface area (Å²) in [6.07, 6.45) is 1.51. The molecular formula is C19H21N7S. The molecule has 2 aromatic heterocycles. The van der Waals surface area contributed by atoms with E-state index >= 15 is 0 Å². The Bertz CT molecular complexity index is 1040. The van der Waals surface area contributed by atoms with E-state index in [0.717, 1.165) is 44.8 Å². The van der Waals surface area contributed by atoms with Crippen molar-refractivity contribution in [3.8, 4) is 5.95 Å². The fourth-order valence-corrected chi connectivity index (χ4v) is 4.01. The molecule has 0 saturated carbocycles. The van der Waals surface area contributed by atoms with Gasteiger partial charge in [0, 0.05) is 22.7 Å². The number of nitrogens with zero attached hydrogens (tertiary/aromatic N) is 5. The Kier molecular flexibility index (Phi) is 4.57. The molecule has 3 aromatic rings. The highest BCUT2D eigenvalue weighted by Crippen LogP contribution is 2.25. The summed E-state index contributed by atoms with van der Waals surface area (Å²) in [5, 5.41) is 12.3. The van der Waals surface area contributed by atoms with Crippen LogP contribution in [0.1, 0.15) is 28.1 Å². The Morgan fingerprint density at radius 2 is 2.00 bits per heavy atom. The lowest BCUT2D eigenvalue weighted by molar-refractivity contribution is 0.877. The largest absolute Gasteiger partial charge is 0.287 e. The predicted octanol–water partition coefficient (Wildman–Crippen LogP) is 3.56. The van der Waals surface area contributed by atoms with E-state index in [1.54, 1.807) is 11.8 Å². The lowest BCUT2D eigenvalue weighted by atomic mass is 10.1. The van der Waals surface area contributed by atoms with Crippen molar-refractivity contribution in [2.45, 2.75) is 27.7 Å². The number of amidine groups is 1. The standard InChI is InChI=1S/C19H21N7S/c1-11-5-6-16(12(2)7-11)22-19-25-23-17(9-27-19)15-8-13(3)26(14(15)4)18-20-10-21-24-18/h5-8,10H,9H2,1-4H3,(H,22,25)(H,20,21,24). The van der Waals surface area contributed by atoms with Gasteiger partial charge in [0.15, 0.2) is 5.17 Å². The van der Waals surface area contributed by atoms with Crippen molar-refractivity contribution in [3.05, 3.63) is 58.7 Å². The monoisotopic (exact) mass is 379 g/mol. The van der Waals surface area contributed by atoms with Crippen molar-refractivity contribution in [1.82, 2.24) is 25.2 Å². The maximum absolute atomic E-state index is 4.71. The average molecular weight is 379 g/mol. The van der Waals surface area contributed by atoms with E-state index in [4.69, 9.17) is 4.99 Å². The highest BCUT2D eigenvalue weighted by Gasteiger charge is 2.20. The summed E-state index contributed by atoms with van der Waals surface area (Å²) in [6, 6.07) is 8.39. The highest BCUT2D eigenvalue weighted by molar-refractivity contribution is 8.14. The average Bonchev–Trinajstić information content (AvgIpc) is 3.26. The van der Waals surface area contributed by atoms with Crippen molar-refractivity contribution < 1.29 is 0 Å². The molecule has 0 bridgehead atoms. The van der Waals surface area contributed by atoms with Gasteiger partial charge in [-0.05, 0) is 45.4 Å². The fourth-order valence-electron chi connectivity index (χ4n) is 3.24. The Labute approximate surface area is 162 Å². The third-order valence-corrected chi connectivity index (χ3v) is 5.44. The highest BCUT2D eigenvalue weighted by atomic mass is 32.2. The molecule has 1 aliphatic heterocycles. The molecule has 0 spiro atoms. The normalized spacial score (nSPS) is 15.7. The molecule has 4 rings (SSSR count). The summed E-state index contributed by atoms with van der Waals surface area (Å²) in [7, 11) is 0. The van der Waals surface area contributed by atoms with Gasteiger partial charge in [0.1, 0.15) is 6.33 Å². The molecule has 0 fully saturated rings. The van der Waals surface area contributed by atoms with Crippen LogP contribution in [0.15, 0.2) is 40.7 Å². The Hall–Kier alpha value is -2.87. The number of hydrazone groups is 1. The summed E-state index contributed by atoms with van der Waals surface area (Å²) in [5.74, 6) is 1.47. The number of aryl methyl sites for hydroxylation is 3. The van der Waals surface area contributed by atoms with Crippen LogP contribution in [-0.2, 0) is 0 Å². The van der Waals surface area contributed by atoms with E-state index in [2.05, 4.69) is 76.2 Å². The Balaban J connectivity index is 1.59. The number of aromatic nitrogens is 4. The van der Waals surface area contributed by atoms with Gasteiger partial charge >= 0.3 is 0 Å². The second-order valence-corrected chi connectivity index (χ2v) is 7.56. The van der Waals surface area contributed by atoms with Gasteiger partial charge in [0.25, 0.3) is 0 Å². The lowest BCUT2D eigenvalue weighted by Gasteiger charge is -2.15. The summed E-state index contributed by atoms with van der Waals surface area (Å²) in [4.78, 5) is 8.96. The van der Waals surface area contributed by atoms with Crippen LogP contribution < -0.4 is 5.43 Å². The number of nitrogens with one attached hydrogen (secondary N) is 2. The number of rotatable bonds is 3. The molecular weight excluding hydrogens is 358 g/mol. The van der Waals surface area contributed by atoms with Crippen LogP contribution >= 0.6 is 11.8 Å². The van der Waals surface area contributed by atoms with Crippen LogP contribution in [0.4, 0.5) is 5.69 Å². The van der Waals surface area contributed by atoms with E-state index in [-0.39, 0.29) is 0 Å². The molecule has 0 aliphatic carbocycles. The van der Waals surface area contributed by atoms with Crippen molar-refractivity contribution in [2.24, 2.45) is 10.1 Å². The van der Waals surface area contributed by atoms with Gasteiger partial charge in [-0.25, -0.2) is 10.1 Å². The zero-order valence-corrected chi connectivity index (χ0v) is 16.6. The predicted molar refractivity (Wildman–Crippen MR) is 110 cm³/mol. The second-order valence-electron chi connectivity index (χ2n) is 6.60. The summed E-state index contributed by atoms with van der Waals surface area (Å²) >= 11 is 1.66. The van der Waals surface area contributed by atoms with Crippen LogP contribution in [0, 0.1) is 27.7 Å². The summed E-state index contributed by atoms with van der Waals surface area (Å²) in [6.45, 7) is 8.28. The van der Waals surface area contributed by atoms with E-state index in [0.29, 0.717) is 5.95 Å². The number of H-pyrrole nitrogens is 1. The van der Waals surface area contributed by atoms with E-state index in [9.17, 15) is 0 Å². The maximum atomic E-state index is 4.71. The first-order valence-electron chi connectivity index (χ1n) is 8.69. The number of hydrogen-bond acceptors (Lipinski definition) is 5. The SMILES string of the molecule is Cc1ccc(N=C2NN=C(c3cc(C)n(-c4ncn[nH]4)c3C)CS2)c(C)c1. The van der Waals surface area contributed by atoms with Gasteiger partial charge in [-0.1, -0.05) is 29.5 Å². The van der Waals surface area contributed by atoms with Crippen molar-refractivity contribution in [2.75, 3.05) is 5.75 Å². The van der Waals surface area contributed by atoms with Crippen molar-refractivity contribution in [1.29, 1.82) is 0 Å². The third-order valence-electron chi connectivity index (χ3n) is 4.56. The van der Waals surface area contributed by atoms with Gasteiger partial charge in [0.05, 0.1) is 11.4 Å². The molecule has 1 aromatic carbocycles. The van der Waals surface area contributed by atoms with Gasteiger partial charge in [0.2, 0.25) is 5.95 Å². The minimum atomic E-state index is 0.713. The molecule has 2 N–H and O–H groups in total. The van der Waals surface area contributed by atoms with Crippen LogP contribution in [0.3, 0.4) is 0 Å². The van der Waals surface area contributed by atoms with Gasteiger partial charge in [-0.2, -0.15) is 15.2 Å². The molecule has 0 saturated heterocycles. The van der Waals surface area contributed by atoms with Gasteiger partial charge in [-0.3, -0.25) is 9.99 Å². The fraction of sp³-hybridized carbons (Fsp3) is 0.263. The minimum absolute atomic E-state index is 0.713. The molecule has 7 nitrogen and oxygen atoms in total. The summed E-state index contributed by atoms with van der Waals surface area (Å²) in [5.41, 5.74) is 10.7. The van der Waals surface area contributed by atoms with Crippen LogP contribution in [-0.4, -0.2) is 36.4 Å². The number of benzene rings is 1. The molecule has 138 valence electrons. The van der Waals surface area contributed by atoms with Crippen LogP contribution in [0.5, 0.6) is 0 Å². The van der Waals surface area contributed by atoms with Crippen molar-refractivity contribution >= 4 is 28.3 Å². The number of hydrogen-bond donors (Lipinski definition) is 2. The third kappa shape index (κ3) is 3.40. The summed E-state index contributed by atoms with van der Waals surface area (Å²) < 4.78 is 2.05. The molecule has 8 heteroatoms. The zero-order valence-electron chi connectivity index (χ0n) is 15.7. The number of aliphatic imine (C=N–C) groups is 1. The molecule has 0 amide bonds. The molecule has 27 heavy (non-hydrogen) atoms. The van der Waals surface area contributed by atoms with Gasteiger partial charge < -0.3 is 0 Å². The maximum Gasteiger partial charge on any atom is 0.229 e. The smallest absolute Gasteiger partial charge is 0.229 e. The van der Waals surface area contributed by atoms with Crippen LogP contribution in [0.2, 0.25) is 0 Å². The first-order chi connectivity index (χ1) is 13.0. The molecule has 0 radical (unpaired) electrons. The molecule has 0 unspecified atom stereocenters. The number of thioether (sulfide) groups is 1. The van der Waals surface area contributed by atoms with E-state index in [1.807, 2.05) is 6.07 Å². The number of aromatic amines is 1. The molecule has 3 heterocycles. The minimum Gasteiger partial charge on any atom is -0.287 e. The van der Waals surface area contributed by atoms with Crippen LogP contribution in [0.25, 0.3) is 5.95 Å². The topological polar surface area (TPSA) is 83.2 Å². The first-order valence-corrected chi connectivity index (χ1v) is 9.68. The van der Waals surface area contributed by atoms with E-state index < -0.39 is 0 Å². The Morgan fingerprint density at radius 1 is 1.15 bits per heavy atom.